The summed E-state index contributed by atoms with van der Waals surface area (Å²) in [5.74, 6) is 0. The second-order valence-corrected chi connectivity index (χ2v) is 5.29. The summed E-state index contributed by atoms with van der Waals surface area (Å²) in [6.07, 6.45) is 2.35. The smallest absolute Gasteiger partial charge is 0.0591 e. The van der Waals surface area contributed by atoms with E-state index in [1.807, 2.05) is 0 Å². The highest BCUT2D eigenvalue weighted by Crippen LogP contribution is 2.24. The molecule has 0 saturated heterocycles. The van der Waals surface area contributed by atoms with Crippen LogP contribution in [0.4, 0.5) is 0 Å². The number of rotatable bonds is 8. The average molecular weight is 274 g/mol. The van der Waals surface area contributed by atoms with Crippen molar-refractivity contribution in [2.45, 2.75) is 33.2 Å². The Kier molecular flexibility index (Phi) is 5.62. The van der Waals surface area contributed by atoms with E-state index in [0.717, 1.165) is 32.7 Å². The molecule has 110 valence electrons. The van der Waals surface area contributed by atoms with Gasteiger partial charge < -0.3 is 14.6 Å². The Hall–Kier alpha value is -1.32. The predicted molar refractivity (Wildman–Crippen MR) is 85.1 cm³/mol. The van der Waals surface area contributed by atoms with E-state index in [-0.39, 0.29) is 0 Å². The monoisotopic (exact) mass is 274 g/mol. The van der Waals surface area contributed by atoms with Crippen molar-refractivity contribution in [3.05, 3.63) is 35.5 Å². The maximum Gasteiger partial charge on any atom is 0.0591 e. The number of aromatic nitrogens is 1. The van der Waals surface area contributed by atoms with Crippen LogP contribution in [0.1, 0.15) is 31.0 Å². The van der Waals surface area contributed by atoms with E-state index in [1.165, 1.54) is 28.6 Å². The van der Waals surface area contributed by atoms with Gasteiger partial charge in [0.15, 0.2) is 0 Å². The Morgan fingerprint density at radius 3 is 2.75 bits per heavy atom. The van der Waals surface area contributed by atoms with Crippen molar-refractivity contribution in [3.8, 4) is 0 Å². The van der Waals surface area contributed by atoms with E-state index in [9.17, 15) is 0 Å². The molecule has 0 atom stereocenters. The van der Waals surface area contributed by atoms with E-state index >= 15 is 0 Å². The van der Waals surface area contributed by atoms with E-state index in [2.05, 4.69) is 55.0 Å². The fraction of sp³-hybridized carbons (Fsp3) is 0.529. The SMILES string of the molecule is CCCCOCCNCc1c(C)c2ccccc2n1C. The number of unbranched alkanes of at least 4 members (excludes halogenated alkanes) is 1. The Balaban J connectivity index is 1.87. The Labute approximate surface area is 121 Å². The summed E-state index contributed by atoms with van der Waals surface area (Å²) in [5, 5.41) is 4.83. The van der Waals surface area contributed by atoms with Crippen LogP contribution in [0.15, 0.2) is 24.3 Å². The van der Waals surface area contributed by atoms with Crippen molar-refractivity contribution in [3.63, 3.8) is 0 Å². The lowest BCUT2D eigenvalue weighted by atomic mass is 10.1. The van der Waals surface area contributed by atoms with Crippen molar-refractivity contribution in [2.75, 3.05) is 19.8 Å². The molecular formula is C17H26N2O. The summed E-state index contributed by atoms with van der Waals surface area (Å²) in [7, 11) is 2.14. The maximum absolute atomic E-state index is 5.56. The lowest BCUT2D eigenvalue weighted by Gasteiger charge is -2.08. The molecule has 0 radical (unpaired) electrons. The topological polar surface area (TPSA) is 26.2 Å². The molecule has 0 spiro atoms. The minimum Gasteiger partial charge on any atom is -0.380 e. The highest BCUT2D eigenvalue weighted by atomic mass is 16.5. The molecule has 0 aliphatic carbocycles. The summed E-state index contributed by atoms with van der Waals surface area (Å²) in [4.78, 5) is 0. The van der Waals surface area contributed by atoms with Crippen LogP contribution >= 0.6 is 0 Å². The molecule has 3 heteroatoms. The summed E-state index contributed by atoms with van der Waals surface area (Å²) in [6.45, 7) is 7.87. The summed E-state index contributed by atoms with van der Waals surface area (Å²) < 4.78 is 7.85. The highest BCUT2D eigenvalue weighted by molar-refractivity contribution is 5.85. The zero-order valence-corrected chi connectivity index (χ0v) is 12.9. The third-order valence-corrected chi connectivity index (χ3v) is 3.87. The van der Waals surface area contributed by atoms with Gasteiger partial charge in [-0.3, -0.25) is 0 Å². The first kappa shape index (κ1) is 15.1. The van der Waals surface area contributed by atoms with Crippen molar-refractivity contribution in [2.24, 2.45) is 7.05 Å². The standard InChI is InChI=1S/C17H26N2O/c1-4-5-11-20-12-10-18-13-17-14(2)15-8-6-7-9-16(15)19(17)3/h6-9,18H,4-5,10-13H2,1-3H3. The van der Waals surface area contributed by atoms with Gasteiger partial charge in [0.25, 0.3) is 0 Å². The van der Waals surface area contributed by atoms with E-state index in [0.29, 0.717) is 0 Å². The number of benzene rings is 1. The molecule has 1 heterocycles. The number of ether oxygens (including phenoxy) is 1. The molecule has 1 aromatic heterocycles. The number of nitrogens with zero attached hydrogens (tertiary/aromatic N) is 1. The van der Waals surface area contributed by atoms with Gasteiger partial charge in [0.1, 0.15) is 0 Å². The molecule has 0 aliphatic rings. The third kappa shape index (κ3) is 3.41. The van der Waals surface area contributed by atoms with Crippen LogP contribution in [-0.2, 0) is 18.3 Å². The lowest BCUT2D eigenvalue weighted by molar-refractivity contribution is 0.132. The quantitative estimate of drug-likeness (QED) is 0.747. The molecular weight excluding hydrogens is 248 g/mol. The van der Waals surface area contributed by atoms with Crippen LogP contribution in [0.25, 0.3) is 10.9 Å². The zero-order valence-electron chi connectivity index (χ0n) is 12.9. The van der Waals surface area contributed by atoms with Gasteiger partial charge in [-0.05, 0) is 25.0 Å². The van der Waals surface area contributed by atoms with Crippen LogP contribution < -0.4 is 5.32 Å². The molecule has 0 fully saturated rings. The van der Waals surface area contributed by atoms with Crippen molar-refractivity contribution in [1.29, 1.82) is 0 Å². The molecule has 0 saturated carbocycles. The van der Waals surface area contributed by atoms with Gasteiger partial charge in [-0.15, -0.1) is 0 Å². The van der Waals surface area contributed by atoms with Crippen LogP contribution in [0, 0.1) is 6.92 Å². The first-order valence-electron chi connectivity index (χ1n) is 7.57. The fourth-order valence-corrected chi connectivity index (χ4v) is 2.59. The average Bonchev–Trinajstić information content (AvgIpc) is 2.71. The lowest BCUT2D eigenvalue weighted by Crippen LogP contribution is -2.21. The largest absolute Gasteiger partial charge is 0.380 e. The number of para-hydroxylation sites is 1. The van der Waals surface area contributed by atoms with Gasteiger partial charge in [0, 0.05) is 43.3 Å². The van der Waals surface area contributed by atoms with E-state index in [1.54, 1.807) is 0 Å². The summed E-state index contributed by atoms with van der Waals surface area (Å²) >= 11 is 0. The molecule has 3 nitrogen and oxygen atoms in total. The van der Waals surface area contributed by atoms with Crippen LogP contribution in [0.2, 0.25) is 0 Å². The third-order valence-electron chi connectivity index (χ3n) is 3.87. The van der Waals surface area contributed by atoms with Crippen molar-refractivity contribution in [1.82, 2.24) is 9.88 Å². The van der Waals surface area contributed by atoms with E-state index in [4.69, 9.17) is 4.74 Å². The maximum atomic E-state index is 5.56. The molecule has 0 amide bonds. The van der Waals surface area contributed by atoms with Crippen molar-refractivity contribution < 1.29 is 4.74 Å². The summed E-state index contributed by atoms with van der Waals surface area (Å²) in [5.41, 5.74) is 4.04. The number of nitrogens with one attached hydrogen (secondary N) is 1. The number of fused-ring (bicyclic) bond motifs is 1. The van der Waals surface area contributed by atoms with Crippen LogP contribution in [0.5, 0.6) is 0 Å². The number of aryl methyl sites for hydroxylation is 2. The Bertz CT molecular complexity index is 506. The van der Waals surface area contributed by atoms with Crippen LogP contribution in [0.3, 0.4) is 0 Å². The molecule has 2 aromatic rings. The Morgan fingerprint density at radius 2 is 2.00 bits per heavy atom. The number of hydrogen-bond acceptors (Lipinski definition) is 2. The van der Waals surface area contributed by atoms with E-state index < -0.39 is 0 Å². The van der Waals surface area contributed by atoms with Gasteiger partial charge in [-0.1, -0.05) is 31.5 Å². The molecule has 0 bridgehead atoms. The van der Waals surface area contributed by atoms with Gasteiger partial charge in [-0.2, -0.15) is 0 Å². The normalized spacial score (nSPS) is 11.3. The molecule has 1 aromatic carbocycles. The predicted octanol–water partition coefficient (Wildman–Crippen LogP) is 3.39. The summed E-state index contributed by atoms with van der Waals surface area (Å²) in [6, 6.07) is 8.58. The molecule has 1 N–H and O–H groups in total. The van der Waals surface area contributed by atoms with Gasteiger partial charge in [0.2, 0.25) is 0 Å². The highest BCUT2D eigenvalue weighted by Gasteiger charge is 2.10. The first-order valence-corrected chi connectivity index (χ1v) is 7.57. The first-order chi connectivity index (χ1) is 9.75. The second kappa shape index (κ2) is 7.46. The number of hydrogen-bond donors (Lipinski definition) is 1. The zero-order chi connectivity index (χ0) is 14.4. The molecule has 0 aliphatic heterocycles. The Morgan fingerprint density at radius 1 is 1.20 bits per heavy atom. The van der Waals surface area contributed by atoms with Crippen molar-refractivity contribution >= 4 is 10.9 Å². The second-order valence-electron chi connectivity index (χ2n) is 5.29. The van der Waals surface area contributed by atoms with Gasteiger partial charge in [-0.25, -0.2) is 0 Å². The van der Waals surface area contributed by atoms with Gasteiger partial charge >= 0.3 is 0 Å². The van der Waals surface area contributed by atoms with Crippen LogP contribution in [-0.4, -0.2) is 24.3 Å². The van der Waals surface area contributed by atoms with Gasteiger partial charge in [0.05, 0.1) is 6.61 Å². The fourth-order valence-electron chi connectivity index (χ4n) is 2.59. The molecule has 20 heavy (non-hydrogen) atoms. The minimum atomic E-state index is 0.795. The molecule has 0 unspecified atom stereocenters. The minimum absolute atomic E-state index is 0.795. The molecule has 2 rings (SSSR count).